The molecule has 3 aromatic rings. The van der Waals surface area contributed by atoms with Gasteiger partial charge in [-0.1, -0.05) is 52.3 Å². The first kappa shape index (κ1) is 18.5. The molecule has 1 heterocycles. The third-order valence-corrected chi connectivity index (χ3v) is 4.86. The van der Waals surface area contributed by atoms with Gasteiger partial charge in [-0.05, 0) is 51.7 Å². The molecule has 0 saturated heterocycles. The van der Waals surface area contributed by atoms with Crippen LogP contribution in [0.5, 0.6) is 0 Å². The van der Waals surface area contributed by atoms with Crippen LogP contribution in [-0.4, -0.2) is 21.9 Å². The van der Waals surface area contributed by atoms with E-state index < -0.39 is 0 Å². The van der Waals surface area contributed by atoms with Crippen LogP contribution in [0.3, 0.4) is 0 Å². The molecule has 5 nitrogen and oxygen atoms in total. The zero-order chi connectivity index (χ0) is 18.5. The molecule has 2 aromatic carbocycles. The maximum Gasteiger partial charge on any atom is 0.293 e. The van der Waals surface area contributed by atoms with Crippen molar-refractivity contribution in [2.24, 2.45) is 5.10 Å². The van der Waals surface area contributed by atoms with Crippen LogP contribution < -0.4 is 5.43 Å². The predicted octanol–water partition coefficient (Wildman–Crippen LogP) is 4.53. The van der Waals surface area contributed by atoms with Gasteiger partial charge in [-0.3, -0.25) is 9.48 Å². The van der Waals surface area contributed by atoms with Crippen LogP contribution >= 0.6 is 31.9 Å². The van der Waals surface area contributed by atoms with Crippen molar-refractivity contribution in [3.05, 3.63) is 86.1 Å². The van der Waals surface area contributed by atoms with Gasteiger partial charge in [-0.15, -0.1) is 0 Å². The standard InChI is InChI=1S/C19H16Br2N4O/c1-13-4-2-3-5-15(13)10-22-23-19(26)18-17(21)12-25(24-18)11-14-6-8-16(20)9-7-14/h2-10,12H,11H2,1H3,(H,23,26)/b22-10+. The van der Waals surface area contributed by atoms with E-state index in [1.54, 1.807) is 17.1 Å². The second-order valence-electron chi connectivity index (χ2n) is 5.71. The summed E-state index contributed by atoms with van der Waals surface area (Å²) in [6.07, 6.45) is 3.40. The normalized spacial score (nSPS) is 11.0. The number of nitrogens with zero attached hydrogens (tertiary/aromatic N) is 3. The van der Waals surface area contributed by atoms with Gasteiger partial charge in [0.2, 0.25) is 0 Å². The van der Waals surface area contributed by atoms with Crippen LogP contribution in [-0.2, 0) is 6.54 Å². The van der Waals surface area contributed by atoms with E-state index in [1.165, 1.54) is 0 Å². The average Bonchev–Trinajstić information content (AvgIpc) is 2.99. The first-order valence-electron chi connectivity index (χ1n) is 7.89. The van der Waals surface area contributed by atoms with Gasteiger partial charge in [0.15, 0.2) is 5.69 Å². The predicted molar refractivity (Wildman–Crippen MR) is 109 cm³/mol. The van der Waals surface area contributed by atoms with Crippen molar-refractivity contribution in [3.63, 3.8) is 0 Å². The number of hydrogen-bond donors (Lipinski definition) is 1. The lowest BCUT2D eigenvalue weighted by atomic mass is 10.1. The Labute approximate surface area is 168 Å². The summed E-state index contributed by atoms with van der Waals surface area (Å²) in [7, 11) is 0. The molecule has 1 amide bonds. The van der Waals surface area contributed by atoms with Crippen molar-refractivity contribution < 1.29 is 4.79 Å². The highest BCUT2D eigenvalue weighted by atomic mass is 79.9. The highest BCUT2D eigenvalue weighted by Gasteiger charge is 2.14. The summed E-state index contributed by atoms with van der Waals surface area (Å²) in [5, 5.41) is 8.37. The molecule has 7 heteroatoms. The Hall–Kier alpha value is -2.25. The van der Waals surface area contributed by atoms with E-state index in [2.05, 4.69) is 47.5 Å². The van der Waals surface area contributed by atoms with Crippen molar-refractivity contribution in [2.45, 2.75) is 13.5 Å². The summed E-state index contributed by atoms with van der Waals surface area (Å²) in [4.78, 5) is 12.3. The minimum atomic E-state index is -0.365. The van der Waals surface area contributed by atoms with Gasteiger partial charge in [0.05, 0.1) is 17.2 Å². The molecule has 3 rings (SSSR count). The second kappa shape index (κ2) is 8.42. The Morgan fingerprint density at radius 3 is 2.65 bits per heavy atom. The summed E-state index contributed by atoms with van der Waals surface area (Å²) in [5.74, 6) is -0.365. The Balaban J connectivity index is 1.67. The van der Waals surface area contributed by atoms with E-state index in [4.69, 9.17) is 0 Å². The smallest absolute Gasteiger partial charge is 0.266 e. The van der Waals surface area contributed by atoms with E-state index in [9.17, 15) is 4.79 Å². The zero-order valence-corrected chi connectivity index (χ0v) is 17.2. The lowest BCUT2D eigenvalue weighted by Crippen LogP contribution is -2.19. The number of aryl methyl sites for hydroxylation is 1. The number of carbonyl (C=O) groups is 1. The number of rotatable bonds is 5. The van der Waals surface area contributed by atoms with Crippen molar-refractivity contribution in [1.82, 2.24) is 15.2 Å². The quantitative estimate of drug-likeness (QED) is 0.435. The van der Waals surface area contributed by atoms with E-state index in [1.807, 2.05) is 55.5 Å². The van der Waals surface area contributed by atoms with Gasteiger partial charge < -0.3 is 0 Å². The van der Waals surface area contributed by atoms with E-state index >= 15 is 0 Å². The Kier molecular flexibility index (Phi) is 6.00. The summed E-state index contributed by atoms with van der Waals surface area (Å²) in [6, 6.07) is 15.8. The van der Waals surface area contributed by atoms with E-state index in [-0.39, 0.29) is 5.91 Å². The van der Waals surface area contributed by atoms with E-state index in [0.29, 0.717) is 16.7 Å². The SMILES string of the molecule is Cc1ccccc1/C=N/NC(=O)c1nn(Cc2ccc(Br)cc2)cc1Br. The first-order valence-corrected chi connectivity index (χ1v) is 9.48. The zero-order valence-electron chi connectivity index (χ0n) is 14.0. The molecule has 0 saturated carbocycles. The number of halogens is 2. The van der Waals surface area contributed by atoms with Crippen LogP contribution in [0, 0.1) is 6.92 Å². The number of benzene rings is 2. The largest absolute Gasteiger partial charge is 0.293 e. The molecule has 0 spiro atoms. The molecule has 0 aliphatic rings. The molecule has 0 fully saturated rings. The van der Waals surface area contributed by atoms with Crippen molar-refractivity contribution in [1.29, 1.82) is 0 Å². The first-order chi connectivity index (χ1) is 12.5. The third-order valence-electron chi connectivity index (χ3n) is 3.75. The summed E-state index contributed by atoms with van der Waals surface area (Å²) >= 11 is 6.80. The maximum atomic E-state index is 12.3. The van der Waals surface area contributed by atoms with Gasteiger partial charge in [-0.25, -0.2) is 5.43 Å². The lowest BCUT2D eigenvalue weighted by molar-refractivity contribution is 0.0948. The molecule has 0 unspecified atom stereocenters. The fraction of sp³-hybridized carbons (Fsp3) is 0.105. The topological polar surface area (TPSA) is 59.3 Å². The van der Waals surface area contributed by atoms with Crippen LogP contribution in [0.4, 0.5) is 0 Å². The molecule has 1 aromatic heterocycles. The van der Waals surface area contributed by atoms with Crippen LogP contribution in [0.25, 0.3) is 0 Å². The highest BCUT2D eigenvalue weighted by molar-refractivity contribution is 9.10. The number of amides is 1. The van der Waals surface area contributed by atoms with Gasteiger partial charge in [0.1, 0.15) is 0 Å². The monoisotopic (exact) mass is 474 g/mol. The van der Waals surface area contributed by atoms with Gasteiger partial charge in [0, 0.05) is 10.7 Å². The highest BCUT2D eigenvalue weighted by Crippen LogP contribution is 2.17. The number of hydrogen-bond acceptors (Lipinski definition) is 3. The van der Waals surface area contributed by atoms with Gasteiger partial charge in [0.25, 0.3) is 5.91 Å². The Morgan fingerprint density at radius 1 is 1.19 bits per heavy atom. The molecule has 1 N–H and O–H groups in total. The Morgan fingerprint density at radius 2 is 1.92 bits per heavy atom. The van der Waals surface area contributed by atoms with Crippen molar-refractivity contribution in [3.8, 4) is 0 Å². The summed E-state index contributed by atoms with van der Waals surface area (Å²) in [5.41, 5.74) is 5.94. The lowest BCUT2D eigenvalue weighted by Gasteiger charge is -2.02. The maximum absolute atomic E-state index is 12.3. The number of carbonyl (C=O) groups excluding carboxylic acids is 1. The number of nitrogens with one attached hydrogen (secondary N) is 1. The molecular formula is C19H16Br2N4O. The molecule has 0 aliphatic heterocycles. The van der Waals surface area contributed by atoms with Crippen molar-refractivity contribution >= 4 is 44.0 Å². The fourth-order valence-electron chi connectivity index (χ4n) is 2.35. The third kappa shape index (κ3) is 4.68. The molecule has 26 heavy (non-hydrogen) atoms. The van der Waals surface area contributed by atoms with Gasteiger partial charge in [-0.2, -0.15) is 10.2 Å². The number of hydrazone groups is 1. The Bertz CT molecular complexity index is 948. The molecule has 0 atom stereocenters. The summed E-state index contributed by atoms with van der Waals surface area (Å²) < 4.78 is 3.36. The fourth-order valence-corrected chi connectivity index (χ4v) is 3.11. The number of aromatic nitrogens is 2. The summed E-state index contributed by atoms with van der Waals surface area (Å²) in [6.45, 7) is 2.56. The molecule has 0 radical (unpaired) electrons. The molecule has 0 aliphatic carbocycles. The minimum Gasteiger partial charge on any atom is -0.266 e. The van der Waals surface area contributed by atoms with E-state index in [0.717, 1.165) is 21.2 Å². The van der Waals surface area contributed by atoms with Crippen LogP contribution in [0.15, 0.2) is 68.8 Å². The average molecular weight is 476 g/mol. The van der Waals surface area contributed by atoms with Gasteiger partial charge >= 0.3 is 0 Å². The molecule has 132 valence electrons. The van der Waals surface area contributed by atoms with Crippen LogP contribution in [0.2, 0.25) is 0 Å². The molecule has 0 bridgehead atoms. The van der Waals surface area contributed by atoms with Crippen LogP contribution in [0.1, 0.15) is 27.2 Å². The molecular weight excluding hydrogens is 460 g/mol. The second-order valence-corrected chi connectivity index (χ2v) is 7.48. The minimum absolute atomic E-state index is 0.295. The van der Waals surface area contributed by atoms with Crippen molar-refractivity contribution in [2.75, 3.05) is 0 Å².